The number of carbonyl (C=O) groups is 1. The van der Waals surface area contributed by atoms with Crippen LogP contribution >= 0.6 is 0 Å². The fourth-order valence-electron chi connectivity index (χ4n) is 1.93. The van der Waals surface area contributed by atoms with Crippen molar-refractivity contribution in [1.82, 2.24) is 15.5 Å². The predicted molar refractivity (Wildman–Crippen MR) is 85.0 cm³/mol. The molecule has 1 amide bonds. The minimum Gasteiger partial charge on any atom is -0.405 e. The first kappa shape index (κ1) is 22.4. The summed E-state index contributed by atoms with van der Waals surface area (Å²) in [5.74, 6) is -1.23. The lowest BCUT2D eigenvalue weighted by Crippen LogP contribution is -2.45. The third-order valence-corrected chi connectivity index (χ3v) is 3.12. The number of nitrogens with one attached hydrogen (secondary N) is 2. The number of carbonyl (C=O) groups excluding carboxylic acids is 1. The molecule has 0 unspecified atom stereocenters. The van der Waals surface area contributed by atoms with Crippen molar-refractivity contribution in [2.75, 3.05) is 27.2 Å². The molecule has 6 nitrogen and oxygen atoms in total. The Kier molecular flexibility index (Phi) is 7.73. The molecule has 152 valence electrons. The van der Waals surface area contributed by atoms with E-state index in [1.807, 2.05) is 0 Å². The van der Waals surface area contributed by atoms with Crippen molar-refractivity contribution < 1.29 is 35.9 Å². The Morgan fingerprint density at radius 2 is 1.78 bits per heavy atom. The molecule has 27 heavy (non-hydrogen) atoms. The molecule has 0 saturated heterocycles. The van der Waals surface area contributed by atoms with Crippen molar-refractivity contribution in [3.63, 3.8) is 0 Å². The molecule has 0 fully saturated rings. The van der Waals surface area contributed by atoms with E-state index < -0.39 is 37.3 Å². The monoisotopic (exact) mass is 400 g/mol. The molecule has 0 bridgehead atoms. The van der Waals surface area contributed by atoms with Crippen LogP contribution in [0.2, 0.25) is 0 Å². The first-order chi connectivity index (χ1) is 12.4. The number of hydrogen-bond acceptors (Lipinski definition) is 3. The summed E-state index contributed by atoms with van der Waals surface area (Å²) >= 11 is 0. The molecule has 0 aliphatic carbocycles. The number of halogens is 6. The number of guanidine groups is 1. The highest BCUT2D eigenvalue weighted by molar-refractivity contribution is 5.86. The number of likely N-dealkylation sites (N-methyl/N-ethyl adjacent to an activating group) is 1. The number of rotatable bonds is 6. The SMILES string of the molecule is CN=C(NCC(=O)N(C)CC(F)(F)F)NCc1ccccc1OC(F)(F)F. The molecule has 1 rings (SSSR count). The normalized spacial score (nSPS) is 12.5. The van der Waals surface area contributed by atoms with Crippen molar-refractivity contribution in [3.8, 4) is 5.75 Å². The first-order valence-electron chi connectivity index (χ1n) is 7.50. The number of hydrogen-bond donors (Lipinski definition) is 2. The number of ether oxygens (including phenoxy) is 1. The van der Waals surface area contributed by atoms with Gasteiger partial charge in [0.05, 0.1) is 6.54 Å². The smallest absolute Gasteiger partial charge is 0.405 e. The second kappa shape index (κ2) is 9.33. The van der Waals surface area contributed by atoms with E-state index in [4.69, 9.17) is 0 Å². The van der Waals surface area contributed by atoms with Gasteiger partial charge in [0.1, 0.15) is 12.3 Å². The average molecular weight is 400 g/mol. The van der Waals surface area contributed by atoms with Gasteiger partial charge in [-0.1, -0.05) is 18.2 Å². The minimum atomic E-state index is -4.86. The second-order valence-electron chi connectivity index (χ2n) is 5.30. The van der Waals surface area contributed by atoms with E-state index in [1.54, 1.807) is 0 Å². The van der Waals surface area contributed by atoms with Crippen molar-refractivity contribution in [2.45, 2.75) is 19.1 Å². The number of para-hydroxylation sites is 1. The zero-order valence-corrected chi connectivity index (χ0v) is 14.4. The van der Waals surface area contributed by atoms with E-state index in [1.165, 1.54) is 25.2 Å². The Bertz CT molecular complexity index is 660. The molecule has 0 saturated carbocycles. The molecule has 0 aliphatic rings. The highest BCUT2D eigenvalue weighted by atomic mass is 19.4. The van der Waals surface area contributed by atoms with Crippen LogP contribution in [0.15, 0.2) is 29.3 Å². The molecular formula is C15H18F6N4O2. The van der Waals surface area contributed by atoms with Crippen LogP contribution in [0.25, 0.3) is 0 Å². The lowest BCUT2D eigenvalue weighted by atomic mass is 10.2. The molecule has 0 atom stereocenters. The summed E-state index contributed by atoms with van der Waals surface area (Å²) in [7, 11) is 2.33. The quantitative estimate of drug-likeness (QED) is 0.437. The minimum absolute atomic E-state index is 0.0190. The van der Waals surface area contributed by atoms with Gasteiger partial charge >= 0.3 is 12.5 Å². The standard InChI is InChI=1S/C15H18F6N4O2/c1-22-13(24-8-12(26)25(2)9-14(16,17)18)23-7-10-5-3-4-6-11(10)27-15(19,20)21/h3-6H,7-9H2,1-2H3,(H2,22,23,24). The number of alkyl halides is 6. The topological polar surface area (TPSA) is 66.0 Å². The Hall–Kier alpha value is -2.66. The Morgan fingerprint density at radius 1 is 1.15 bits per heavy atom. The molecule has 0 aliphatic heterocycles. The summed E-state index contributed by atoms with van der Waals surface area (Å²) in [5, 5.41) is 5.14. The number of aliphatic imine (C=N–C) groups is 1. The van der Waals surface area contributed by atoms with E-state index in [-0.39, 0.29) is 18.1 Å². The van der Waals surface area contributed by atoms with Crippen LogP contribution in [0.4, 0.5) is 26.3 Å². The number of nitrogens with zero attached hydrogens (tertiary/aromatic N) is 2. The summed E-state index contributed by atoms with van der Waals surface area (Å²) in [6.07, 6.45) is -9.38. The maximum atomic E-state index is 12.4. The molecule has 0 radical (unpaired) electrons. The van der Waals surface area contributed by atoms with Crippen LogP contribution in [0.1, 0.15) is 5.56 Å². The summed E-state index contributed by atoms with van der Waals surface area (Å²) in [4.78, 5) is 15.9. The maximum absolute atomic E-state index is 12.4. The largest absolute Gasteiger partial charge is 0.573 e. The van der Waals surface area contributed by atoms with Crippen molar-refractivity contribution in [3.05, 3.63) is 29.8 Å². The van der Waals surface area contributed by atoms with E-state index in [9.17, 15) is 31.1 Å². The summed E-state index contributed by atoms with van der Waals surface area (Å²) in [6.45, 7) is -2.01. The number of benzene rings is 1. The molecule has 1 aromatic carbocycles. The fourth-order valence-corrected chi connectivity index (χ4v) is 1.93. The highest BCUT2D eigenvalue weighted by Gasteiger charge is 2.32. The van der Waals surface area contributed by atoms with E-state index in [0.29, 0.717) is 4.90 Å². The van der Waals surface area contributed by atoms with Gasteiger partial charge in [-0.3, -0.25) is 9.79 Å². The average Bonchev–Trinajstić information content (AvgIpc) is 2.53. The van der Waals surface area contributed by atoms with E-state index in [2.05, 4.69) is 20.4 Å². The van der Waals surface area contributed by atoms with Crippen LogP contribution in [-0.4, -0.2) is 56.5 Å². The molecule has 1 aromatic rings. The van der Waals surface area contributed by atoms with Gasteiger partial charge in [-0.2, -0.15) is 13.2 Å². The summed E-state index contributed by atoms with van der Waals surface area (Å²) in [5.41, 5.74) is 0.165. The predicted octanol–water partition coefficient (Wildman–Crippen LogP) is 2.27. The molecule has 0 heterocycles. The van der Waals surface area contributed by atoms with Crippen LogP contribution in [0.5, 0.6) is 5.75 Å². The van der Waals surface area contributed by atoms with Gasteiger partial charge in [0, 0.05) is 26.2 Å². The van der Waals surface area contributed by atoms with Crippen molar-refractivity contribution in [1.29, 1.82) is 0 Å². The highest BCUT2D eigenvalue weighted by Crippen LogP contribution is 2.26. The lowest BCUT2D eigenvalue weighted by Gasteiger charge is -2.20. The molecule has 12 heteroatoms. The fraction of sp³-hybridized carbons (Fsp3) is 0.467. The van der Waals surface area contributed by atoms with Gasteiger partial charge in [0.25, 0.3) is 0 Å². The van der Waals surface area contributed by atoms with Crippen LogP contribution < -0.4 is 15.4 Å². The van der Waals surface area contributed by atoms with Crippen molar-refractivity contribution >= 4 is 11.9 Å². The number of amides is 1. The molecule has 2 N–H and O–H groups in total. The summed E-state index contributed by atoms with van der Waals surface area (Å²) in [6, 6.07) is 5.40. The van der Waals surface area contributed by atoms with Gasteiger partial charge in [-0.05, 0) is 6.07 Å². The summed E-state index contributed by atoms with van der Waals surface area (Å²) < 4.78 is 77.8. The van der Waals surface area contributed by atoms with Crippen LogP contribution in [0.3, 0.4) is 0 Å². The second-order valence-corrected chi connectivity index (χ2v) is 5.30. The van der Waals surface area contributed by atoms with E-state index in [0.717, 1.165) is 13.1 Å². The first-order valence-corrected chi connectivity index (χ1v) is 7.50. The van der Waals surface area contributed by atoms with Gasteiger partial charge < -0.3 is 20.3 Å². The lowest BCUT2D eigenvalue weighted by molar-refractivity contribution is -0.274. The van der Waals surface area contributed by atoms with Crippen LogP contribution in [-0.2, 0) is 11.3 Å². The maximum Gasteiger partial charge on any atom is 0.573 e. The Labute approximate surface area is 151 Å². The van der Waals surface area contributed by atoms with E-state index >= 15 is 0 Å². The third-order valence-electron chi connectivity index (χ3n) is 3.12. The van der Waals surface area contributed by atoms with Crippen molar-refractivity contribution in [2.24, 2.45) is 4.99 Å². The zero-order chi connectivity index (χ0) is 20.7. The van der Waals surface area contributed by atoms with Gasteiger partial charge in [-0.15, -0.1) is 13.2 Å². The van der Waals surface area contributed by atoms with Gasteiger partial charge in [0.15, 0.2) is 5.96 Å². The van der Waals surface area contributed by atoms with Gasteiger partial charge in [-0.25, -0.2) is 0 Å². The molecular weight excluding hydrogens is 382 g/mol. The molecule has 0 aromatic heterocycles. The third kappa shape index (κ3) is 9.01. The molecule has 0 spiro atoms. The Morgan fingerprint density at radius 3 is 2.33 bits per heavy atom. The zero-order valence-electron chi connectivity index (χ0n) is 14.4. The van der Waals surface area contributed by atoms with Crippen LogP contribution in [0, 0.1) is 0 Å². The van der Waals surface area contributed by atoms with Gasteiger partial charge in [0.2, 0.25) is 5.91 Å². The Balaban J connectivity index is 2.60.